The first-order valence-electron chi connectivity index (χ1n) is 8.59. The van der Waals surface area contributed by atoms with Crippen molar-refractivity contribution in [3.05, 3.63) is 62.5 Å². The lowest BCUT2D eigenvalue weighted by atomic mass is 9.80. The average molecular weight is 372 g/mol. The van der Waals surface area contributed by atoms with Gasteiger partial charge in [-0.25, -0.2) is 9.59 Å². The van der Waals surface area contributed by atoms with Crippen LogP contribution in [0.1, 0.15) is 32.3 Å². The highest BCUT2D eigenvalue weighted by Crippen LogP contribution is 2.44. The molecular weight excluding hydrogens is 352 g/mol. The summed E-state index contributed by atoms with van der Waals surface area (Å²) in [5.74, 6) is -2.00. The van der Waals surface area contributed by atoms with Gasteiger partial charge in [-0.3, -0.25) is 10.1 Å². The van der Waals surface area contributed by atoms with Gasteiger partial charge in [-0.1, -0.05) is 32.0 Å². The second-order valence-corrected chi connectivity index (χ2v) is 6.87. The zero-order chi connectivity index (χ0) is 19.7. The second-order valence-electron chi connectivity index (χ2n) is 6.87. The molecule has 27 heavy (non-hydrogen) atoms. The quantitative estimate of drug-likeness (QED) is 0.481. The highest BCUT2D eigenvalue weighted by molar-refractivity contribution is 6.01. The largest absolute Gasteiger partial charge is 0.462 e. The first kappa shape index (κ1) is 18.6. The van der Waals surface area contributed by atoms with Gasteiger partial charge in [-0.15, -0.1) is 0 Å². The molecule has 1 aromatic carbocycles. The summed E-state index contributed by atoms with van der Waals surface area (Å²) in [4.78, 5) is 36.2. The summed E-state index contributed by atoms with van der Waals surface area (Å²) in [6.07, 6.45) is 0. The van der Waals surface area contributed by atoms with E-state index >= 15 is 0 Å². The number of nitro benzene ring substituents is 1. The van der Waals surface area contributed by atoms with E-state index in [1.807, 2.05) is 13.8 Å². The van der Waals surface area contributed by atoms with E-state index in [4.69, 9.17) is 9.47 Å². The summed E-state index contributed by atoms with van der Waals surface area (Å²) in [5.41, 5.74) is 1.49. The predicted octanol–water partition coefficient (Wildman–Crippen LogP) is 2.57. The number of allylic oxidation sites excluding steroid dienone is 1. The lowest BCUT2D eigenvalue weighted by Crippen LogP contribution is -2.31. The fourth-order valence-electron chi connectivity index (χ4n) is 3.27. The molecule has 1 atom stereocenters. The van der Waals surface area contributed by atoms with Gasteiger partial charge in [0.25, 0.3) is 5.69 Å². The maximum absolute atomic E-state index is 12.8. The monoisotopic (exact) mass is 372 g/mol. The first-order valence-corrected chi connectivity index (χ1v) is 8.59. The van der Waals surface area contributed by atoms with Crippen LogP contribution in [-0.4, -0.2) is 30.1 Å². The van der Waals surface area contributed by atoms with E-state index in [0.29, 0.717) is 11.4 Å². The molecular formula is C19H20N2O6. The minimum atomic E-state index is -0.919. The van der Waals surface area contributed by atoms with E-state index in [1.165, 1.54) is 12.1 Å². The molecule has 3 rings (SSSR count). The zero-order valence-corrected chi connectivity index (χ0v) is 15.3. The molecule has 1 unspecified atom stereocenters. The third-order valence-corrected chi connectivity index (χ3v) is 4.42. The Morgan fingerprint density at radius 2 is 2.11 bits per heavy atom. The first-order chi connectivity index (χ1) is 12.8. The van der Waals surface area contributed by atoms with Crippen LogP contribution in [0.15, 0.2) is 46.8 Å². The van der Waals surface area contributed by atoms with Crippen molar-refractivity contribution in [2.75, 3.05) is 13.2 Å². The van der Waals surface area contributed by atoms with Crippen molar-refractivity contribution >= 4 is 17.6 Å². The smallest absolute Gasteiger partial charge is 0.337 e. The van der Waals surface area contributed by atoms with Crippen molar-refractivity contribution in [2.45, 2.75) is 26.7 Å². The molecule has 8 nitrogen and oxygen atoms in total. The van der Waals surface area contributed by atoms with Crippen molar-refractivity contribution < 1.29 is 24.0 Å². The highest BCUT2D eigenvalue weighted by Gasteiger charge is 2.44. The van der Waals surface area contributed by atoms with Crippen molar-refractivity contribution in [1.82, 2.24) is 5.32 Å². The van der Waals surface area contributed by atoms with E-state index in [-0.39, 0.29) is 41.5 Å². The molecule has 0 aliphatic carbocycles. The number of ether oxygens (including phenoxy) is 2. The topological polar surface area (TPSA) is 108 Å². The van der Waals surface area contributed by atoms with Crippen LogP contribution in [0.3, 0.4) is 0 Å². The number of nitrogens with zero attached hydrogens (tertiary/aromatic N) is 1. The molecule has 0 spiro atoms. The molecule has 0 fully saturated rings. The molecule has 0 aromatic heterocycles. The van der Waals surface area contributed by atoms with Gasteiger partial charge in [0.1, 0.15) is 6.61 Å². The average Bonchev–Trinajstić information content (AvgIpc) is 2.99. The predicted molar refractivity (Wildman–Crippen MR) is 95.5 cm³/mol. The molecule has 0 bridgehead atoms. The van der Waals surface area contributed by atoms with E-state index in [1.54, 1.807) is 19.1 Å². The Labute approximate surface area is 156 Å². The third kappa shape index (κ3) is 3.42. The maximum Gasteiger partial charge on any atom is 0.337 e. The van der Waals surface area contributed by atoms with Crippen molar-refractivity contribution in [1.29, 1.82) is 0 Å². The van der Waals surface area contributed by atoms with Crippen LogP contribution < -0.4 is 5.32 Å². The molecule has 2 aliphatic heterocycles. The number of carbonyl (C=O) groups is 2. The van der Waals surface area contributed by atoms with Gasteiger partial charge in [0.15, 0.2) is 0 Å². The second kappa shape index (κ2) is 7.22. The Kier molecular flexibility index (Phi) is 4.98. The number of carbonyl (C=O) groups excluding carboxylic acids is 2. The number of cyclic esters (lactones) is 1. The number of dihydropyridines is 1. The van der Waals surface area contributed by atoms with Crippen LogP contribution in [-0.2, 0) is 19.1 Å². The lowest BCUT2D eigenvalue weighted by Gasteiger charge is -2.27. The lowest BCUT2D eigenvalue weighted by molar-refractivity contribution is -0.385. The van der Waals surface area contributed by atoms with Crippen molar-refractivity contribution in [3.8, 4) is 0 Å². The van der Waals surface area contributed by atoms with E-state index < -0.39 is 22.8 Å². The summed E-state index contributed by atoms with van der Waals surface area (Å²) in [6.45, 7) is 5.73. The van der Waals surface area contributed by atoms with E-state index in [0.717, 1.165) is 0 Å². The van der Waals surface area contributed by atoms with E-state index in [9.17, 15) is 19.7 Å². The van der Waals surface area contributed by atoms with E-state index in [2.05, 4.69) is 5.32 Å². The van der Waals surface area contributed by atoms with Crippen molar-refractivity contribution in [2.24, 2.45) is 5.92 Å². The summed E-state index contributed by atoms with van der Waals surface area (Å²) in [5, 5.41) is 14.6. The number of esters is 2. The van der Waals surface area contributed by atoms with Crippen LogP contribution in [0.5, 0.6) is 0 Å². The Hall–Kier alpha value is -3.16. The molecule has 8 heteroatoms. The standard InChI is InChI=1S/C19H20N2O6/c1-10(2)8-26-18(22)15-11(3)20-13-9-27-19(23)17(13)16(15)12-6-4-5-7-14(12)21(24)25/h4-7,10,16,20H,8-9H2,1-3H3. The Morgan fingerprint density at radius 1 is 1.41 bits per heavy atom. The van der Waals surface area contributed by atoms with Gasteiger partial charge >= 0.3 is 11.9 Å². The van der Waals surface area contributed by atoms with Crippen LogP contribution >= 0.6 is 0 Å². The van der Waals surface area contributed by atoms with Crippen LogP contribution in [0.2, 0.25) is 0 Å². The maximum atomic E-state index is 12.8. The number of nitrogens with one attached hydrogen (secondary N) is 1. The van der Waals surface area contributed by atoms with Gasteiger partial charge < -0.3 is 14.8 Å². The van der Waals surface area contributed by atoms with Crippen LogP contribution in [0, 0.1) is 16.0 Å². The van der Waals surface area contributed by atoms with Crippen LogP contribution in [0.25, 0.3) is 0 Å². The highest BCUT2D eigenvalue weighted by atomic mass is 16.6. The fourth-order valence-corrected chi connectivity index (χ4v) is 3.27. The summed E-state index contributed by atoms with van der Waals surface area (Å²) < 4.78 is 10.5. The van der Waals surface area contributed by atoms with Crippen LogP contribution in [0.4, 0.5) is 5.69 Å². The Morgan fingerprint density at radius 3 is 2.78 bits per heavy atom. The third-order valence-electron chi connectivity index (χ3n) is 4.42. The number of hydrogen-bond donors (Lipinski definition) is 1. The zero-order valence-electron chi connectivity index (χ0n) is 15.3. The van der Waals surface area contributed by atoms with Crippen molar-refractivity contribution in [3.63, 3.8) is 0 Å². The van der Waals surface area contributed by atoms with Gasteiger partial charge in [-0.2, -0.15) is 0 Å². The molecule has 2 aliphatic rings. The number of benzene rings is 1. The van der Waals surface area contributed by atoms with Gasteiger partial charge in [0.05, 0.1) is 34.3 Å². The van der Waals surface area contributed by atoms with Gasteiger partial charge in [0, 0.05) is 17.3 Å². The summed E-state index contributed by atoms with van der Waals surface area (Å²) >= 11 is 0. The number of hydrogen-bond acceptors (Lipinski definition) is 7. The van der Waals surface area contributed by atoms with Gasteiger partial charge in [0.2, 0.25) is 0 Å². The molecule has 1 N–H and O–H groups in total. The molecule has 0 radical (unpaired) electrons. The number of para-hydroxylation sites is 1. The minimum absolute atomic E-state index is 0.0387. The molecule has 142 valence electrons. The normalized spacial score (nSPS) is 19.0. The minimum Gasteiger partial charge on any atom is -0.462 e. The molecule has 0 amide bonds. The summed E-state index contributed by atoms with van der Waals surface area (Å²) in [7, 11) is 0. The molecule has 0 saturated carbocycles. The molecule has 1 aromatic rings. The molecule has 0 saturated heterocycles. The Bertz CT molecular complexity index is 884. The van der Waals surface area contributed by atoms with Gasteiger partial charge in [-0.05, 0) is 12.8 Å². The Balaban J connectivity index is 2.14. The molecule has 2 heterocycles. The number of nitro groups is 1. The fraction of sp³-hybridized carbons (Fsp3) is 0.368. The SMILES string of the molecule is CC1=C(C(=O)OCC(C)C)C(c2ccccc2[N+](=O)[O-])C2=C(COC2=O)N1. The summed E-state index contributed by atoms with van der Waals surface area (Å²) in [6, 6.07) is 6.08. The number of rotatable bonds is 5.